The van der Waals surface area contributed by atoms with Crippen LogP contribution in [-0.2, 0) is 0 Å². The van der Waals surface area contributed by atoms with Crippen LogP contribution in [0.5, 0.6) is 0 Å². The van der Waals surface area contributed by atoms with Crippen molar-refractivity contribution in [2.45, 2.75) is 6.92 Å². The van der Waals surface area contributed by atoms with Gasteiger partial charge in [0, 0.05) is 36.7 Å². The van der Waals surface area contributed by atoms with Crippen molar-refractivity contribution in [3.8, 4) is 0 Å². The van der Waals surface area contributed by atoms with E-state index in [1.165, 1.54) is 11.3 Å². The normalized spacial score (nSPS) is 25.9. The van der Waals surface area contributed by atoms with Gasteiger partial charge in [-0.3, -0.25) is 4.79 Å². The molecule has 0 aliphatic carbocycles. The maximum absolute atomic E-state index is 10.6. The monoisotopic (exact) mass is 225 g/mol. The Kier molecular flexibility index (Phi) is 3.07. The smallest absolute Gasteiger partial charge is 0.160 e. The van der Waals surface area contributed by atoms with Crippen molar-refractivity contribution in [3.05, 3.63) is 16.3 Å². The van der Waals surface area contributed by atoms with Crippen LogP contribution in [0.15, 0.2) is 11.4 Å². The Balaban J connectivity index is 2.09. The fourth-order valence-electron chi connectivity index (χ4n) is 2.05. The number of hydrogen-bond donors (Lipinski definition) is 1. The van der Waals surface area contributed by atoms with Crippen molar-refractivity contribution in [2.75, 3.05) is 24.6 Å². The Labute approximate surface area is 93.3 Å². The molecule has 0 bridgehead atoms. The molecule has 4 heteroatoms. The lowest BCUT2D eigenvalue weighted by Gasteiger charge is -2.15. The molecule has 1 aromatic heterocycles. The van der Waals surface area contributed by atoms with Crippen LogP contribution in [0, 0.1) is 11.8 Å². The minimum absolute atomic E-state index is 0.252. The zero-order valence-electron chi connectivity index (χ0n) is 8.72. The van der Waals surface area contributed by atoms with Crippen LogP contribution >= 0.6 is 11.3 Å². The second-order valence-corrected chi connectivity index (χ2v) is 5.09. The molecule has 2 heterocycles. The predicted octanol–water partition coefficient (Wildman–Crippen LogP) is 1.63. The first-order valence-corrected chi connectivity index (χ1v) is 6.02. The molecule has 2 atom stereocenters. The minimum atomic E-state index is 0.252. The highest BCUT2D eigenvalue weighted by atomic mass is 32.1. The SMILES string of the molecule is C[C@@H]1CN(c2csc(C=O)c2)C[C@H]1CO. The van der Waals surface area contributed by atoms with Crippen LogP contribution in [-0.4, -0.2) is 31.1 Å². The Hall–Kier alpha value is -0.870. The number of thiophene rings is 1. The number of anilines is 1. The summed E-state index contributed by atoms with van der Waals surface area (Å²) < 4.78 is 0. The molecule has 0 unspecified atom stereocenters. The minimum Gasteiger partial charge on any atom is -0.396 e. The molecule has 0 spiro atoms. The molecular weight excluding hydrogens is 210 g/mol. The Morgan fingerprint density at radius 1 is 1.67 bits per heavy atom. The summed E-state index contributed by atoms with van der Waals surface area (Å²) in [5.74, 6) is 0.888. The van der Waals surface area contributed by atoms with Crippen molar-refractivity contribution in [1.29, 1.82) is 0 Å². The Morgan fingerprint density at radius 2 is 2.47 bits per heavy atom. The summed E-state index contributed by atoms with van der Waals surface area (Å²) in [7, 11) is 0. The lowest BCUT2D eigenvalue weighted by atomic mass is 10.00. The molecule has 0 aromatic carbocycles. The summed E-state index contributed by atoms with van der Waals surface area (Å²) in [6.45, 7) is 4.28. The van der Waals surface area contributed by atoms with E-state index in [1.54, 1.807) is 0 Å². The number of aldehydes is 1. The van der Waals surface area contributed by atoms with Crippen LogP contribution < -0.4 is 4.90 Å². The molecule has 1 saturated heterocycles. The van der Waals surface area contributed by atoms with Gasteiger partial charge in [0.25, 0.3) is 0 Å². The van der Waals surface area contributed by atoms with Crippen molar-refractivity contribution in [1.82, 2.24) is 0 Å². The maximum atomic E-state index is 10.6. The molecule has 1 aliphatic heterocycles. The van der Waals surface area contributed by atoms with Crippen molar-refractivity contribution >= 4 is 23.3 Å². The summed E-state index contributed by atoms with van der Waals surface area (Å²) in [5, 5.41) is 11.2. The summed E-state index contributed by atoms with van der Waals surface area (Å²) in [5.41, 5.74) is 1.12. The van der Waals surface area contributed by atoms with E-state index >= 15 is 0 Å². The van der Waals surface area contributed by atoms with Crippen LogP contribution in [0.2, 0.25) is 0 Å². The fourth-order valence-corrected chi connectivity index (χ4v) is 2.77. The van der Waals surface area contributed by atoms with Gasteiger partial charge in [-0.1, -0.05) is 6.92 Å². The van der Waals surface area contributed by atoms with Crippen molar-refractivity contribution < 1.29 is 9.90 Å². The van der Waals surface area contributed by atoms with E-state index in [0.29, 0.717) is 11.8 Å². The molecule has 1 N–H and O–H groups in total. The van der Waals surface area contributed by atoms with Gasteiger partial charge < -0.3 is 10.0 Å². The number of nitrogens with zero attached hydrogens (tertiary/aromatic N) is 1. The van der Waals surface area contributed by atoms with Gasteiger partial charge in [0.2, 0.25) is 0 Å². The highest BCUT2D eigenvalue weighted by Gasteiger charge is 2.29. The molecule has 1 aliphatic rings. The number of aliphatic hydroxyl groups excluding tert-OH is 1. The largest absolute Gasteiger partial charge is 0.396 e. The first-order chi connectivity index (χ1) is 7.24. The number of hydrogen-bond acceptors (Lipinski definition) is 4. The third-order valence-corrected chi connectivity index (χ3v) is 3.94. The molecule has 15 heavy (non-hydrogen) atoms. The average Bonchev–Trinajstić information content (AvgIpc) is 2.83. The lowest BCUT2D eigenvalue weighted by Crippen LogP contribution is -2.19. The van der Waals surface area contributed by atoms with E-state index < -0.39 is 0 Å². The average molecular weight is 225 g/mol. The van der Waals surface area contributed by atoms with Crippen LogP contribution in [0.3, 0.4) is 0 Å². The summed E-state index contributed by atoms with van der Waals surface area (Å²) >= 11 is 1.47. The summed E-state index contributed by atoms with van der Waals surface area (Å²) in [4.78, 5) is 13.6. The predicted molar refractivity (Wildman–Crippen MR) is 61.7 cm³/mol. The third kappa shape index (κ3) is 2.06. The molecule has 3 nitrogen and oxygen atoms in total. The maximum Gasteiger partial charge on any atom is 0.160 e. The van der Waals surface area contributed by atoms with E-state index in [2.05, 4.69) is 11.8 Å². The number of aliphatic hydroxyl groups is 1. The van der Waals surface area contributed by atoms with E-state index in [4.69, 9.17) is 0 Å². The van der Waals surface area contributed by atoms with Gasteiger partial charge in [-0.05, 0) is 12.0 Å². The standard InChI is InChI=1S/C11H15NO2S/c1-8-3-12(4-9(8)5-13)10-2-11(6-14)15-7-10/h2,6-9,13H,3-5H2,1H3/t8-,9+/m1/s1. The van der Waals surface area contributed by atoms with Crippen LogP contribution in [0.1, 0.15) is 16.6 Å². The topological polar surface area (TPSA) is 40.5 Å². The van der Waals surface area contributed by atoms with Gasteiger partial charge in [-0.15, -0.1) is 11.3 Å². The molecule has 2 rings (SSSR count). The quantitative estimate of drug-likeness (QED) is 0.795. The Morgan fingerprint density at radius 3 is 3.00 bits per heavy atom. The van der Waals surface area contributed by atoms with Gasteiger partial charge in [0.15, 0.2) is 6.29 Å². The van der Waals surface area contributed by atoms with E-state index in [0.717, 1.165) is 29.9 Å². The summed E-state index contributed by atoms with van der Waals surface area (Å²) in [6.07, 6.45) is 0.886. The first-order valence-electron chi connectivity index (χ1n) is 5.14. The number of rotatable bonds is 3. The van der Waals surface area contributed by atoms with E-state index in [-0.39, 0.29) is 6.61 Å². The first kappa shape index (κ1) is 10.6. The molecule has 82 valence electrons. The molecule has 0 saturated carbocycles. The van der Waals surface area contributed by atoms with Gasteiger partial charge in [0.1, 0.15) is 0 Å². The van der Waals surface area contributed by atoms with Gasteiger partial charge in [-0.2, -0.15) is 0 Å². The molecular formula is C11H15NO2S. The van der Waals surface area contributed by atoms with Gasteiger partial charge >= 0.3 is 0 Å². The fraction of sp³-hybridized carbons (Fsp3) is 0.545. The second-order valence-electron chi connectivity index (χ2n) is 4.15. The van der Waals surface area contributed by atoms with Crippen molar-refractivity contribution in [3.63, 3.8) is 0 Å². The second kappa shape index (κ2) is 4.33. The van der Waals surface area contributed by atoms with E-state index in [9.17, 15) is 9.90 Å². The van der Waals surface area contributed by atoms with Crippen LogP contribution in [0.25, 0.3) is 0 Å². The highest BCUT2D eigenvalue weighted by molar-refractivity contribution is 7.12. The van der Waals surface area contributed by atoms with Gasteiger partial charge in [-0.25, -0.2) is 0 Å². The molecule has 1 fully saturated rings. The lowest BCUT2D eigenvalue weighted by molar-refractivity contribution is 0.112. The van der Waals surface area contributed by atoms with E-state index in [1.807, 2.05) is 11.4 Å². The highest BCUT2D eigenvalue weighted by Crippen LogP contribution is 2.30. The van der Waals surface area contributed by atoms with Crippen LogP contribution in [0.4, 0.5) is 5.69 Å². The Bertz CT molecular complexity index is 350. The van der Waals surface area contributed by atoms with Gasteiger partial charge in [0.05, 0.1) is 4.88 Å². The molecule has 0 amide bonds. The molecule has 1 aromatic rings. The number of carbonyl (C=O) groups is 1. The third-order valence-electron chi connectivity index (χ3n) is 3.09. The zero-order valence-corrected chi connectivity index (χ0v) is 9.54. The van der Waals surface area contributed by atoms with Crippen molar-refractivity contribution in [2.24, 2.45) is 11.8 Å². The summed E-state index contributed by atoms with van der Waals surface area (Å²) in [6, 6.07) is 1.92. The zero-order chi connectivity index (χ0) is 10.8. The molecule has 0 radical (unpaired) electrons. The number of carbonyl (C=O) groups excluding carboxylic acids is 1.